The van der Waals surface area contributed by atoms with Gasteiger partial charge in [-0.25, -0.2) is 0 Å². The second kappa shape index (κ2) is 8.19. The van der Waals surface area contributed by atoms with Crippen molar-refractivity contribution in [1.29, 1.82) is 0 Å². The van der Waals surface area contributed by atoms with E-state index in [0.717, 1.165) is 23.5 Å². The largest absolute Gasteiger partial charge is 0.374 e. The molecule has 1 atom stereocenters. The van der Waals surface area contributed by atoms with E-state index in [4.69, 9.17) is 5.73 Å². The summed E-state index contributed by atoms with van der Waals surface area (Å²) in [6.45, 7) is 7.70. The third-order valence-corrected chi connectivity index (χ3v) is 4.76. The lowest BCUT2D eigenvalue weighted by Crippen LogP contribution is -2.27. The van der Waals surface area contributed by atoms with E-state index in [1.54, 1.807) is 4.68 Å². The van der Waals surface area contributed by atoms with Gasteiger partial charge >= 0.3 is 0 Å². The first-order valence-electron chi connectivity index (χ1n) is 8.20. The molecular weight excluding hydrogens is 340 g/mol. The third-order valence-electron chi connectivity index (χ3n) is 3.95. The number of Topliss-reactive ketones (excluding diaryl/α,β-unsaturated/α-hetero) is 1. The Morgan fingerprint density at radius 3 is 2.60 bits per heavy atom. The minimum atomic E-state index is -0.116. The zero-order chi connectivity index (χ0) is 18.6. The second-order valence-electron chi connectivity index (χ2n) is 6.09. The van der Waals surface area contributed by atoms with Gasteiger partial charge in [-0.1, -0.05) is 11.3 Å². The fourth-order valence-corrected chi connectivity index (χ4v) is 3.51. The van der Waals surface area contributed by atoms with Gasteiger partial charge in [0.1, 0.15) is 5.01 Å². The number of ketones is 1. The second-order valence-corrected chi connectivity index (χ2v) is 7.18. The van der Waals surface area contributed by atoms with Crippen molar-refractivity contribution in [2.45, 2.75) is 53.0 Å². The highest BCUT2D eigenvalue weighted by Crippen LogP contribution is 2.20. The Bertz CT molecular complexity index is 767. The van der Waals surface area contributed by atoms with E-state index in [1.165, 1.54) is 18.3 Å². The van der Waals surface area contributed by atoms with Crippen molar-refractivity contribution in [3.8, 4) is 0 Å². The van der Waals surface area contributed by atoms with Crippen LogP contribution in [-0.2, 0) is 11.2 Å². The van der Waals surface area contributed by atoms with Crippen molar-refractivity contribution < 1.29 is 9.59 Å². The van der Waals surface area contributed by atoms with Crippen LogP contribution < -0.4 is 11.1 Å². The van der Waals surface area contributed by atoms with Crippen molar-refractivity contribution in [2.24, 2.45) is 0 Å². The third kappa shape index (κ3) is 4.85. The average Bonchev–Trinajstić information content (AvgIpc) is 3.06. The molecule has 2 aromatic rings. The van der Waals surface area contributed by atoms with E-state index in [1.807, 2.05) is 20.8 Å². The predicted octanol–water partition coefficient (Wildman–Crippen LogP) is 1.84. The summed E-state index contributed by atoms with van der Waals surface area (Å²) in [6, 6.07) is -0.116. The molecule has 0 spiro atoms. The highest BCUT2D eigenvalue weighted by Gasteiger charge is 2.20. The van der Waals surface area contributed by atoms with Crippen LogP contribution in [0, 0.1) is 13.8 Å². The SMILES string of the molecule is CC(=O)c1c(C)nn([C@H](C)CC(=O)NCCCc2nnc(N)s2)c1C. The fourth-order valence-electron chi connectivity index (χ4n) is 2.86. The van der Waals surface area contributed by atoms with Crippen LogP contribution in [0.25, 0.3) is 0 Å². The summed E-state index contributed by atoms with van der Waals surface area (Å²) in [7, 11) is 0. The molecule has 136 valence electrons. The number of aryl methyl sites for hydroxylation is 2. The lowest BCUT2D eigenvalue weighted by Gasteiger charge is -2.14. The van der Waals surface area contributed by atoms with Gasteiger partial charge in [0.25, 0.3) is 0 Å². The van der Waals surface area contributed by atoms with Gasteiger partial charge in [0.15, 0.2) is 5.78 Å². The predicted molar refractivity (Wildman–Crippen MR) is 96.7 cm³/mol. The molecule has 0 bridgehead atoms. The van der Waals surface area contributed by atoms with E-state index < -0.39 is 0 Å². The number of aromatic nitrogens is 4. The van der Waals surface area contributed by atoms with Crippen LogP contribution in [0.1, 0.15) is 59.5 Å². The van der Waals surface area contributed by atoms with Crippen molar-refractivity contribution >= 4 is 28.2 Å². The van der Waals surface area contributed by atoms with Gasteiger partial charge in [0, 0.05) is 25.1 Å². The maximum Gasteiger partial charge on any atom is 0.222 e. The number of nitrogens with two attached hydrogens (primary N) is 1. The molecule has 0 aliphatic heterocycles. The van der Waals surface area contributed by atoms with Crippen LogP contribution in [0.15, 0.2) is 0 Å². The first-order valence-corrected chi connectivity index (χ1v) is 9.02. The summed E-state index contributed by atoms with van der Waals surface area (Å²) in [5, 5.41) is 16.4. The molecule has 3 N–H and O–H groups in total. The minimum Gasteiger partial charge on any atom is -0.374 e. The number of hydrogen-bond acceptors (Lipinski definition) is 7. The van der Waals surface area contributed by atoms with E-state index in [-0.39, 0.29) is 17.7 Å². The fraction of sp³-hybridized carbons (Fsp3) is 0.562. The lowest BCUT2D eigenvalue weighted by atomic mass is 10.1. The number of carbonyl (C=O) groups is 2. The summed E-state index contributed by atoms with van der Waals surface area (Å²) in [5.74, 6) is -0.0450. The Balaban J connectivity index is 1.82. The quantitative estimate of drug-likeness (QED) is 0.545. The first-order chi connectivity index (χ1) is 11.8. The van der Waals surface area contributed by atoms with Gasteiger partial charge in [0.2, 0.25) is 11.0 Å². The molecule has 0 aromatic carbocycles. The van der Waals surface area contributed by atoms with Crippen LogP contribution in [0.3, 0.4) is 0 Å². The summed E-state index contributed by atoms with van der Waals surface area (Å²) in [5.41, 5.74) is 7.68. The molecule has 2 heterocycles. The van der Waals surface area contributed by atoms with Gasteiger partial charge in [0.05, 0.1) is 17.3 Å². The molecular formula is C16H24N6O2S. The van der Waals surface area contributed by atoms with Crippen molar-refractivity contribution in [1.82, 2.24) is 25.3 Å². The Morgan fingerprint density at radius 2 is 2.04 bits per heavy atom. The highest BCUT2D eigenvalue weighted by molar-refractivity contribution is 7.15. The molecule has 25 heavy (non-hydrogen) atoms. The molecule has 0 unspecified atom stereocenters. The van der Waals surface area contributed by atoms with E-state index in [2.05, 4.69) is 20.6 Å². The van der Waals surface area contributed by atoms with Gasteiger partial charge < -0.3 is 11.1 Å². The van der Waals surface area contributed by atoms with Crippen molar-refractivity contribution in [2.75, 3.05) is 12.3 Å². The number of hydrogen-bond donors (Lipinski definition) is 2. The summed E-state index contributed by atoms with van der Waals surface area (Å²) in [6.07, 6.45) is 1.83. The number of nitrogens with one attached hydrogen (secondary N) is 1. The van der Waals surface area contributed by atoms with E-state index in [9.17, 15) is 9.59 Å². The Labute approximate surface area is 150 Å². The Kier molecular flexibility index (Phi) is 6.24. The molecule has 0 aliphatic rings. The molecule has 0 aliphatic carbocycles. The lowest BCUT2D eigenvalue weighted by molar-refractivity contribution is -0.121. The van der Waals surface area contributed by atoms with Gasteiger partial charge in [-0.15, -0.1) is 10.2 Å². The number of anilines is 1. The molecule has 0 fully saturated rings. The molecule has 0 saturated heterocycles. The topological polar surface area (TPSA) is 116 Å². The summed E-state index contributed by atoms with van der Waals surface area (Å²) < 4.78 is 1.76. The standard InChI is InChI=1S/C16H24N6O2S/c1-9(22-11(3)15(12(4)23)10(2)21-22)8-13(24)18-7-5-6-14-19-20-16(17)25-14/h9H,5-8H2,1-4H3,(H2,17,20)(H,18,24)/t9-/m1/s1. The smallest absolute Gasteiger partial charge is 0.222 e. The first kappa shape index (κ1) is 19.0. The Morgan fingerprint density at radius 1 is 1.32 bits per heavy atom. The normalized spacial score (nSPS) is 12.2. The van der Waals surface area contributed by atoms with Crippen LogP contribution in [-0.4, -0.2) is 38.2 Å². The van der Waals surface area contributed by atoms with E-state index in [0.29, 0.717) is 29.4 Å². The molecule has 8 nitrogen and oxygen atoms in total. The number of nitrogen functional groups attached to an aromatic ring is 1. The molecule has 2 rings (SSSR count). The van der Waals surface area contributed by atoms with Crippen LogP contribution in [0.2, 0.25) is 0 Å². The molecule has 0 radical (unpaired) electrons. The molecule has 2 aromatic heterocycles. The average molecular weight is 364 g/mol. The van der Waals surface area contributed by atoms with Crippen LogP contribution in [0.5, 0.6) is 0 Å². The van der Waals surface area contributed by atoms with Gasteiger partial charge in [-0.2, -0.15) is 5.10 Å². The molecule has 9 heteroatoms. The van der Waals surface area contributed by atoms with Crippen LogP contribution in [0.4, 0.5) is 5.13 Å². The van der Waals surface area contributed by atoms with Crippen molar-refractivity contribution in [3.05, 3.63) is 22.0 Å². The zero-order valence-corrected chi connectivity index (χ0v) is 15.8. The molecule has 1 amide bonds. The molecule has 0 saturated carbocycles. The highest BCUT2D eigenvalue weighted by atomic mass is 32.1. The number of nitrogens with zero attached hydrogens (tertiary/aromatic N) is 4. The van der Waals surface area contributed by atoms with Gasteiger partial charge in [-0.05, 0) is 34.1 Å². The maximum absolute atomic E-state index is 12.1. The van der Waals surface area contributed by atoms with Crippen molar-refractivity contribution in [3.63, 3.8) is 0 Å². The summed E-state index contributed by atoms with van der Waals surface area (Å²) >= 11 is 1.37. The van der Waals surface area contributed by atoms with Crippen LogP contribution >= 0.6 is 11.3 Å². The zero-order valence-electron chi connectivity index (χ0n) is 15.0. The summed E-state index contributed by atoms with van der Waals surface area (Å²) in [4.78, 5) is 23.8. The monoisotopic (exact) mass is 364 g/mol. The van der Waals surface area contributed by atoms with Gasteiger partial charge in [-0.3, -0.25) is 14.3 Å². The number of carbonyl (C=O) groups excluding carboxylic acids is 2. The Hall–Kier alpha value is -2.29. The minimum absolute atomic E-state index is 0.00443. The number of amides is 1. The maximum atomic E-state index is 12.1. The van der Waals surface area contributed by atoms with E-state index >= 15 is 0 Å². The number of rotatable bonds is 8.